The standard InChI is InChI=1S/C33H36FN3O8S/c1-18(2)30(35)33(39)42-17-24-16-37(46(5,40)41)27-15-28-26(14-25(27)19(3)43-24)29(32(38)36-4)31(45-28)20-6-10-22(11-7-20)44-23-12-8-21(34)9-13-23/h6-15,18-19,24,30H,16-17,35H2,1-5H3,(H,36,38)/t19-,24-,30-/m0/s1. The fraction of sp³-hybridized carbons (Fsp3) is 0.333. The highest BCUT2D eigenvalue weighted by Crippen LogP contribution is 2.42. The van der Waals surface area contributed by atoms with E-state index in [2.05, 4.69) is 5.32 Å². The van der Waals surface area contributed by atoms with Crippen LogP contribution in [0.2, 0.25) is 0 Å². The van der Waals surface area contributed by atoms with E-state index in [9.17, 15) is 22.4 Å². The minimum Gasteiger partial charge on any atom is -0.462 e. The van der Waals surface area contributed by atoms with Crippen molar-refractivity contribution < 1.29 is 41.0 Å². The zero-order valence-electron chi connectivity index (χ0n) is 26.1. The van der Waals surface area contributed by atoms with E-state index in [1.807, 2.05) is 0 Å². The highest BCUT2D eigenvalue weighted by Gasteiger charge is 2.35. The number of nitrogens with one attached hydrogen (secondary N) is 1. The monoisotopic (exact) mass is 653 g/mol. The average molecular weight is 654 g/mol. The Hall–Kier alpha value is -4.46. The maximum atomic E-state index is 13.3. The van der Waals surface area contributed by atoms with Crippen LogP contribution in [0.5, 0.6) is 11.5 Å². The van der Waals surface area contributed by atoms with E-state index in [4.69, 9.17) is 24.4 Å². The number of esters is 1. The largest absolute Gasteiger partial charge is 0.462 e. The van der Waals surface area contributed by atoms with Crippen LogP contribution >= 0.6 is 0 Å². The summed E-state index contributed by atoms with van der Waals surface area (Å²) in [6.45, 7) is 5.02. The number of furan rings is 1. The Morgan fingerprint density at radius 1 is 1.09 bits per heavy atom. The van der Waals surface area contributed by atoms with Gasteiger partial charge in [-0.15, -0.1) is 0 Å². The highest BCUT2D eigenvalue weighted by atomic mass is 32.2. The van der Waals surface area contributed by atoms with Crippen molar-refractivity contribution in [1.82, 2.24) is 5.32 Å². The molecule has 0 aliphatic carbocycles. The lowest BCUT2D eigenvalue weighted by molar-refractivity contribution is -0.151. The molecular formula is C33H36FN3O8S. The Bertz CT molecular complexity index is 1860. The number of halogens is 1. The van der Waals surface area contributed by atoms with Crippen LogP contribution in [-0.4, -0.2) is 58.9 Å². The van der Waals surface area contributed by atoms with Gasteiger partial charge in [0, 0.05) is 29.6 Å². The van der Waals surface area contributed by atoms with E-state index in [-0.39, 0.29) is 41.8 Å². The van der Waals surface area contributed by atoms with Gasteiger partial charge >= 0.3 is 5.97 Å². The van der Waals surface area contributed by atoms with E-state index in [0.29, 0.717) is 33.7 Å². The fourth-order valence-electron chi connectivity index (χ4n) is 5.20. The number of carbonyl (C=O) groups excluding carboxylic acids is 2. The van der Waals surface area contributed by atoms with Crippen LogP contribution in [0.25, 0.3) is 22.3 Å². The fourth-order valence-corrected chi connectivity index (χ4v) is 6.15. The maximum absolute atomic E-state index is 13.3. The molecule has 1 aliphatic heterocycles. The second-order valence-corrected chi connectivity index (χ2v) is 13.4. The SMILES string of the molecule is CNC(=O)c1c(-c2ccc(Oc3ccc(F)cc3)cc2)oc2cc3c(cc12)[C@H](C)O[C@H](COC(=O)[C@@H](N)C(C)C)CN3S(C)(=O)=O. The summed E-state index contributed by atoms with van der Waals surface area (Å²) in [5, 5.41) is 3.11. The maximum Gasteiger partial charge on any atom is 0.323 e. The molecule has 0 saturated carbocycles. The van der Waals surface area contributed by atoms with Gasteiger partial charge in [0.05, 0.1) is 30.2 Å². The van der Waals surface area contributed by atoms with Crippen LogP contribution in [0.4, 0.5) is 10.1 Å². The molecule has 3 aromatic carbocycles. The van der Waals surface area contributed by atoms with E-state index < -0.39 is 40.1 Å². The van der Waals surface area contributed by atoms with Crippen LogP contribution < -0.4 is 20.1 Å². The van der Waals surface area contributed by atoms with Crippen LogP contribution in [-0.2, 0) is 24.3 Å². The molecular weight excluding hydrogens is 617 g/mol. The summed E-state index contributed by atoms with van der Waals surface area (Å²) < 4.78 is 64.2. The molecule has 1 aliphatic rings. The molecule has 1 aromatic heterocycles. The molecule has 0 unspecified atom stereocenters. The third kappa shape index (κ3) is 6.86. The molecule has 0 fully saturated rings. The first-order valence-electron chi connectivity index (χ1n) is 14.7. The molecule has 13 heteroatoms. The first kappa shape index (κ1) is 32.9. The summed E-state index contributed by atoms with van der Waals surface area (Å²) in [5.41, 5.74) is 7.85. The van der Waals surface area contributed by atoms with Crippen molar-refractivity contribution in [2.45, 2.75) is 39.0 Å². The summed E-state index contributed by atoms with van der Waals surface area (Å²) in [6, 6.07) is 14.9. The number of anilines is 1. The number of benzene rings is 3. The van der Waals surface area contributed by atoms with Gasteiger partial charge in [-0.25, -0.2) is 12.8 Å². The van der Waals surface area contributed by atoms with Crippen LogP contribution in [0, 0.1) is 11.7 Å². The van der Waals surface area contributed by atoms with Gasteiger partial charge in [0.25, 0.3) is 5.91 Å². The van der Waals surface area contributed by atoms with Gasteiger partial charge in [-0.3, -0.25) is 13.9 Å². The van der Waals surface area contributed by atoms with Gasteiger partial charge in [0.1, 0.15) is 47.4 Å². The zero-order valence-corrected chi connectivity index (χ0v) is 26.9. The van der Waals surface area contributed by atoms with E-state index in [1.54, 1.807) is 57.2 Å². The molecule has 4 aromatic rings. The van der Waals surface area contributed by atoms with Crippen molar-refractivity contribution in [3.8, 4) is 22.8 Å². The first-order chi connectivity index (χ1) is 21.8. The van der Waals surface area contributed by atoms with Crippen molar-refractivity contribution in [3.05, 3.63) is 77.6 Å². The minimum absolute atomic E-state index is 0.128. The number of nitrogens with two attached hydrogens (primary N) is 1. The van der Waals surface area contributed by atoms with Gasteiger partial charge in [-0.05, 0) is 67.4 Å². The van der Waals surface area contributed by atoms with Gasteiger partial charge < -0.3 is 29.7 Å². The molecule has 3 atom stereocenters. The number of sulfonamides is 1. The molecule has 0 spiro atoms. The molecule has 244 valence electrons. The lowest BCUT2D eigenvalue weighted by Gasteiger charge is -2.25. The molecule has 11 nitrogen and oxygen atoms in total. The Morgan fingerprint density at radius 3 is 2.30 bits per heavy atom. The Labute approximate surface area is 266 Å². The van der Waals surface area contributed by atoms with Gasteiger partial charge in [-0.1, -0.05) is 13.8 Å². The van der Waals surface area contributed by atoms with Crippen LogP contribution in [0.1, 0.15) is 42.8 Å². The number of amides is 1. The molecule has 0 saturated heterocycles. The first-order valence-corrected chi connectivity index (χ1v) is 16.5. The summed E-state index contributed by atoms with van der Waals surface area (Å²) in [4.78, 5) is 25.6. The zero-order chi connectivity index (χ0) is 33.3. The third-order valence-electron chi connectivity index (χ3n) is 7.73. The summed E-state index contributed by atoms with van der Waals surface area (Å²) in [5.74, 6) is -0.310. The second kappa shape index (κ2) is 13.1. The normalized spacial score (nSPS) is 17.3. The van der Waals surface area contributed by atoms with Crippen molar-refractivity contribution in [3.63, 3.8) is 0 Å². The van der Waals surface area contributed by atoms with E-state index in [0.717, 1.165) is 6.26 Å². The van der Waals surface area contributed by atoms with Crippen molar-refractivity contribution in [1.29, 1.82) is 0 Å². The molecule has 0 radical (unpaired) electrons. The molecule has 1 amide bonds. The number of rotatable bonds is 9. The van der Waals surface area contributed by atoms with Crippen LogP contribution in [0.3, 0.4) is 0 Å². The average Bonchev–Trinajstić information content (AvgIpc) is 3.32. The van der Waals surface area contributed by atoms with E-state index >= 15 is 0 Å². The van der Waals surface area contributed by atoms with Gasteiger partial charge in [0.2, 0.25) is 10.0 Å². The lowest BCUT2D eigenvalue weighted by Crippen LogP contribution is -2.42. The molecule has 3 N–H and O–H groups in total. The van der Waals surface area contributed by atoms with Crippen molar-refractivity contribution in [2.75, 3.05) is 30.8 Å². The second-order valence-electron chi connectivity index (χ2n) is 11.5. The minimum atomic E-state index is -3.83. The molecule has 0 bridgehead atoms. The highest BCUT2D eigenvalue weighted by molar-refractivity contribution is 7.92. The number of carbonyl (C=O) groups is 2. The predicted octanol–water partition coefficient (Wildman–Crippen LogP) is 5.14. The topological polar surface area (TPSA) is 150 Å². The van der Waals surface area contributed by atoms with E-state index in [1.165, 1.54) is 35.6 Å². The van der Waals surface area contributed by atoms with Crippen molar-refractivity contribution in [2.24, 2.45) is 11.7 Å². The lowest BCUT2D eigenvalue weighted by atomic mass is 10.0. The third-order valence-corrected chi connectivity index (χ3v) is 8.88. The van der Waals surface area contributed by atoms with Gasteiger partial charge in [0.15, 0.2) is 0 Å². The molecule has 46 heavy (non-hydrogen) atoms. The number of nitrogens with zero attached hydrogens (tertiary/aromatic N) is 1. The number of hydrogen-bond acceptors (Lipinski definition) is 9. The Balaban J connectivity index is 1.52. The number of ether oxygens (including phenoxy) is 3. The smallest absolute Gasteiger partial charge is 0.323 e. The number of fused-ring (bicyclic) bond motifs is 2. The van der Waals surface area contributed by atoms with Crippen molar-refractivity contribution >= 4 is 38.6 Å². The summed E-state index contributed by atoms with van der Waals surface area (Å²) >= 11 is 0. The quantitative estimate of drug-likeness (QED) is 0.234. The van der Waals surface area contributed by atoms with Gasteiger partial charge in [-0.2, -0.15) is 0 Å². The Kier molecular flexibility index (Phi) is 9.38. The molecule has 2 heterocycles. The number of hydrogen-bond donors (Lipinski definition) is 2. The van der Waals surface area contributed by atoms with Crippen LogP contribution in [0.15, 0.2) is 65.1 Å². The summed E-state index contributed by atoms with van der Waals surface area (Å²) in [7, 11) is -2.33. The predicted molar refractivity (Wildman–Crippen MR) is 171 cm³/mol. The Morgan fingerprint density at radius 2 is 1.72 bits per heavy atom. The summed E-state index contributed by atoms with van der Waals surface area (Å²) in [6.07, 6.45) is -0.364. The molecule has 5 rings (SSSR count).